The predicted octanol–water partition coefficient (Wildman–Crippen LogP) is 6.02. The Bertz CT molecular complexity index is 1220. The molecule has 34 heavy (non-hydrogen) atoms. The Hall–Kier alpha value is -2.55. The van der Waals surface area contributed by atoms with Crippen LogP contribution in [0.1, 0.15) is 43.7 Å². The van der Waals surface area contributed by atoms with E-state index < -0.39 is 0 Å². The number of methoxy groups -OCH3 is 1. The summed E-state index contributed by atoms with van der Waals surface area (Å²) in [6, 6.07) is 11.5. The van der Waals surface area contributed by atoms with E-state index in [4.69, 9.17) is 27.9 Å². The summed E-state index contributed by atoms with van der Waals surface area (Å²) in [4.78, 5) is 12.6. The summed E-state index contributed by atoms with van der Waals surface area (Å²) in [6.07, 6.45) is 5.99. The summed E-state index contributed by atoms with van der Waals surface area (Å²) >= 11 is 14.2. The lowest BCUT2D eigenvalue weighted by Crippen LogP contribution is -2.16. The molecule has 1 heterocycles. The van der Waals surface area contributed by atoms with Gasteiger partial charge in [0.15, 0.2) is 0 Å². The number of hydrogen-bond donors (Lipinski definition) is 1. The molecule has 1 aliphatic rings. The van der Waals surface area contributed by atoms with Crippen molar-refractivity contribution in [2.24, 2.45) is 0 Å². The number of benzene rings is 2. The monoisotopic (exact) mass is 517 g/mol. The Labute approximate surface area is 212 Å². The van der Waals surface area contributed by atoms with Gasteiger partial charge in [0.05, 0.1) is 40.5 Å². The van der Waals surface area contributed by atoms with Crippen LogP contribution in [0.25, 0.3) is 5.69 Å². The molecule has 3 aromatic rings. The minimum Gasteiger partial charge on any atom is -0.505 e. The molecule has 0 spiro atoms. The van der Waals surface area contributed by atoms with Gasteiger partial charge in [0, 0.05) is 5.41 Å². The average Bonchev–Trinajstić information content (AvgIpc) is 3.56. The van der Waals surface area contributed by atoms with Gasteiger partial charge in [-0.15, -0.1) is 5.10 Å². The van der Waals surface area contributed by atoms with Gasteiger partial charge in [-0.1, -0.05) is 60.9 Å². The molecule has 178 valence electrons. The molecule has 10 heteroatoms. The van der Waals surface area contributed by atoms with Crippen molar-refractivity contribution in [1.82, 2.24) is 20.2 Å². The second kappa shape index (κ2) is 10.4. The number of tetrazole rings is 1. The second-order valence-corrected chi connectivity index (χ2v) is 10.4. The molecule has 1 fully saturated rings. The van der Waals surface area contributed by atoms with Crippen LogP contribution >= 0.6 is 35.0 Å². The maximum absolute atomic E-state index is 12.6. The van der Waals surface area contributed by atoms with Crippen LogP contribution in [0, 0.1) is 0 Å². The molecule has 7 nitrogen and oxygen atoms in total. The van der Waals surface area contributed by atoms with E-state index in [-0.39, 0.29) is 17.1 Å². The summed E-state index contributed by atoms with van der Waals surface area (Å²) < 4.78 is 6.58. The van der Waals surface area contributed by atoms with Crippen molar-refractivity contribution >= 4 is 46.6 Å². The zero-order chi connectivity index (χ0) is 24.3. The van der Waals surface area contributed by atoms with Gasteiger partial charge in [-0.05, 0) is 70.7 Å². The third-order valence-electron chi connectivity index (χ3n) is 5.63. The molecule has 0 radical (unpaired) electrons. The first-order valence-electron chi connectivity index (χ1n) is 10.8. The number of amides is 1. The van der Waals surface area contributed by atoms with Crippen molar-refractivity contribution < 1.29 is 9.53 Å². The molecule has 4 rings (SSSR count). The van der Waals surface area contributed by atoms with E-state index in [0.29, 0.717) is 32.5 Å². The minimum atomic E-state index is -0.271. The maximum Gasteiger partial charge on any atom is 0.234 e. The standard InChI is InChI=1S/C24H25Cl2N5O2S/c1-24(2,10-11-33-3)17-7-8-20(18(25)13-17)27-22(32)14-34-23-28-29-30-31(23)21-9-6-16(12-19(21)26)15-4-5-15/h6-13,15H,4-5,14H2,1-3H3,(H,27,32)/b11-10+. The number of allylic oxidation sites excluding steroid dienone is 1. The number of aromatic nitrogens is 4. The molecular formula is C24H25Cl2N5O2S. The van der Waals surface area contributed by atoms with E-state index in [0.717, 1.165) is 5.56 Å². The number of anilines is 1. The number of thioether (sulfide) groups is 1. The molecule has 0 bridgehead atoms. The Kier molecular flexibility index (Phi) is 7.50. The highest BCUT2D eigenvalue weighted by Gasteiger charge is 2.25. The van der Waals surface area contributed by atoms with E-state index in [9.17, 15) is 4.79 Å². The van der Waals surface area contributed by atoms with E-state index in [1.54, 1.807) is 24.1 Å². The number of hydrogen-bond acceptors (Lipinski definition) is 6. The minimum absolute atomic E-state index is 0.109. The van der Waals surface area contributed by atoms with Crippen LogP contribution in [0.4, 0.5) is 5.69 Å². The highest BCUT2D eigenvalue weighted by molar-refractivity contribution is 7.99. The largest absolute Gasteiger partial charge is 0.505 e. The zero-order valence-electron chi connectivity index (χ0n) is 19.1. The Morgan fingerprint density at radius 2 is 2.03 bits per heavy atom. The fourth-order valence-electron chi connectivity index (χ4n) is 3.45. The van der Waals surface area contributed by atoms with Gasteiger partial charge in [0.1, 0.15) is 0 Å². The molecule has 0 aliphatic heterocycles. The van der Waals surface area contributed by atoms with Gasteiger partial charge < -0.3 is 10.1 Å². The van der Waals surface area contributed by atoms with Crippen LogP contribution in [0.5, 0.6) is 0 Å². The first kappa shape index (κ1) is 24.6. The SMILES string of the molecule is CO/C=C/C(C)(C)c1ccc(NC(=O)CSc2nnnn2-c2ccc(C3CC3)cc2Cl)c(Cl)c1. The first-order chi connectivity index (χ1) is 16.3. The maximum atomic E-state index is 12.6. The molecule has 2 aromatic carbocycles. The highest BCUT2D eigenvalue weighted by atomic mass is 35.5. The number of halogens is 2. The second-order valence-electron chi connectivity index (χ2n) is 8.65. The summed E-state index contributed by atoms with van der Waals surface area (Å²) in [5.41, 5.74) is 3.19. The quantitative estimate of drug-likeness (QED) is 0.276. The summed E-state index contributed by atoms with van der Waals surface area (Å²) in [5, 5.41) is 16.2. The van der Waals surface area contributed by atoms with Gasteiger partial charge in [-0.3, -0.25) is 4.79 Å². The zero-order valence-corrected chi connectivity index (χ0v) is 21.4. The normalized spacial score (nSPS) is 13.9. The topological polar surface area (TPSA) is 81.9 Å². The molecule has 1 aliphatic carbocycles. The summed E-state index contributed by atoms with van der Waals surface area (Å²) in [6.45, 7) is 4.11. The summed E-state index contributed by atoms with van der Waals surface area (Å²) in [5.74, 6) is 0.493. The van der Waals surface area contributed by atoms with Gasteiger partial charge in [-0.25, -0.2) is 0 Å². The smallest absolute Gasteiger partial charge is 0.234 e. The number of carbonyl (C=O) groups is 1. The van der Waals surface area contributed by atoms with Crippen molar-refractivity contribution in [3.63, 3.8) is 0 Å². The lowest BCUT2D eigenvalue weighted by Gasteiger charge is -2.21. The molecular weight excluding hydrogens is 493 g/mol. The van der Waals surface area contributed by atoms with Crippen molar-refractivity contribution in [3.8, 4) is 5.69 Å². The van der Waals surface area contributed by atoms with Gasteiger partial charge in [0.25, 0.3) is 0 Å². The highest BCUT2D eigenvalue weighted by Crippen LogP contribution is 2.41. The van der Waals surface area contributed by atoms with E-state index >= 15 is 0 Å². The van der Waals surface area contributed by atoms with Crippen LogP contribution in [0.2, 0.25) is 10.0 Å². The number of ether oxygens (including phenoxy) is 1. The molecule has 0 saturated heterocycles. The third-order valence-corrected chi connectivity index (χ3v) is 7.16. The molecule has 1 aromatic heterocycles. The Morgan fingerprint density at radius 3 is 2.71 bits per heavy atom. The molecule has 1 N–H and O–H groups in total. The van der Waals surface area contributed by atoms with E-state index in [1.807, 2.05) is 30.3 Å². The van der Waals surface area contributed by atoms with Crippen molar-refractivity contribution in [2.45, 2.75) is 43.2 Å². The molecule has 0 atom stereocenters. The Morgan fingerprint density at radius 1 is 1.24 bits per heavy atom. The Balaban J connectivity index is 1.40. The van der Waals surface area contributed by atoms with Crippen LogP contribution < -0.4 is 5.32 Å². The van der Waals surface area contributed by atoms with Crippen molar-refractivity contribution in [2.75, 3.05) is 18.2 Å². The van der Waals surface area contributed by atoms with Crippen LogP contribution in [0.15, 0.2) is 53.9 Å². The van der Waals surface area contributed by atoms with Gasteiger partial charge in [0.2, 0.25) is 11.1 Å². The molecule has 1 saturated carbocycles. The van der Waals surface area contributed by atoms with Crippen LogP contribution in [-0.4, -0.2) is 39.0 Å². The van der Waals surface area contributed by atoms with Crippen LogP contribution in [-0.2, 0) is 14.9 Å². The number of nitrogens with one attached hydrogen (secondary N) is 1. The number of carbonyl (C=O) groups excluding carboxylic acids is 1. The van der Waals surface area contributed by atoms with E-state index in [2.05, 4.69) is 40.8 Å². The van der Waals surface area contributed by atoms with E-state index in [1.165, 1.54) is 30.2 Å². The first-order valence-corrected chi connectivity index (χ1v) is 12.5. The van der Waals surface area contributed by atoms with Gasteiger partial charge >= 0.3 is 0 Å². The van der Waals surface area contributed by atoms with Crippen molar-refractivity contribution in [3.05, 3.63) is 69.9 Å². The number of rotatable bonds is 9. The number of nitrogens with zero attached hydrogens (tertiary/aromatic N) is 4. The fourth-order valence-corrected chi connectivity index (χ4v) is 4.63. The molecule has 0 unspecified atom stereocenters. The van der Waals surface area contributed by atoms with Gasteiger partial charge in [-0.2, -0.15) is 4.68 Å². The molecule has 1 amide bonds. The average molecular weight is 518 g/mol. The van der Waals surface area contributed by atoms with Crippen molar-refractivity contribution in [1.29, 1.82) is 0 Å². The van der Waals surface area contributed by atoms with Crippen LogP contribution in [0.3, 0.4) is 0 Å². The third kappa shape index (κ3) is 5.74. The predicted molar refractivity (Wildman–Crippen MR) is 136 cm³/mol. The lowest BCUT2D eigenvalue weighted by molar-refractivity contribution is -0.113. The lowest BCUT2D eigenvalue weighted by atomic mass is 9.85. The summed E-state index contributed by atoms with van der Waals surface area (Å²) in [7, 11) is 1.61. The fraction of sp³-hybridized carbons (Fsp3) is 0.333.